The van der Waals surface area contributed by atoms with Gasteiger partial charge in [-0.1, -0.05) is 5.16 Å². The third-order valence-electron chi connectivity index (χ3n) is 4.76. The molecule has 142 valence electrons. The van der Waals surface area contributed by atoms with E-state index in [2.05, 4.69) is 19.6 Å². The summed E-state index contributed by atoms with van der Waals surface area (Å²) in [6, 6.07) is 1.31. The number of pyridine rings is 1. The number of rotatable bonds is 2. The summed E-state index contributed by atoms with van der Waals surface area (Å²) < 4.78 is 42.1. The van der Waals surface area contributed by atoms with Crippen molar-refractivity contribution in [3.05, 3.63) is 29.4 Å². The van der Waals surface area contributed by atoms with Gasteiger partial charge in [0.15, 0.2) is 0 Å². The molecule has 0 N–H and O–H groups in total. The number of alkyl halides is 3. The van der Waals surface area contributed by atoms with Crippen LogP contribution in [0.3, 0.4) is 0 Å². The van der Waals surface area contributed by atoms with Crippen LogP contribution in [0.5, 0.6) is 0 Å². The molecule has 2 aromatic rings. The number of hydrogen-bond donors (Lipinski definition) is 0. The Bertz CT molecular complexity index is 926. The third-order valence-corrected chi connectivity index (χ3v) is 4.76. The normalized spacial score (nSPS) is 19.7. The highest BCUT2D eigenvalue weighted by Crippen LogP contribution is 2.32. The first-order valence-corrected chi connectivity index (χ1v) is 8.20. The molecular formula is C16H14F3N5O3. The fourth-order valence-electron chi connectivity index (χ4n) is 3.35. The van der Waals surface area contributed by atoms with Crippen LogP contribution < -0.4 is 0 Å². The first kappa shape index (κ1) is 17.4. The van der Waals surface area contributed by atoms with Crippen molar-refractivity contribution in [1.29, 1.82) is 0 Å². The second-order valence-corrected chi connectivity index (χ2v) is 6.48. The van der Waals surface area contributed by atoms with Crippen LogP contribution in [0, 0.1) is 0 Å². The average Bonchev–Trinajstić information content (AvgIpc) is 3.32. The van der Waals surface area contributed by atoms with Gasteiger partial charge >= 0.3 is 12.1 Å². The van der Waals surface area contributed by atoms with Crippen molar-refractivity contribution < 1.29 is 27.3 Å². The molecule has 1 atom stereocenters. The molecule has 4 heterocycles. The van der Waals surface area contributed by atoms with Crippen molar-refractivity contribution in [2.24, 2.45) is 0 Å². The molecule has 2 aliphatic heterocycles. The van der Waals surface area contributed by atoms with E-state index in [1.54, 1.807) is 9.80 Å². The van der Waals surface area contributed by atoms with Crippen LogP contribution in [-0.4, -0.2) is 55.9 Å². The van der Waals surface area contributed by atoms with E-state index in [4.69, 9.17) is 0 Å². The van der Waals surface area contributed by atoms with Crippen molar-refractivity contribution in [1.82, 2.24) is 24.9 Å². The molecule has 2 amide bonds. The number of halogens is 3. The predicted molar refractivity (Wildman–Crippen MR) is 83.1 cm³/mol. The van der Waals surface area contributed by atoms with Crippen molar-refractivity contribution in [2.45, 2.75) is 32.1 Å². The average molecular weight is 381 g/mol. The Morgan fingerprint density at radius 1 is 1.37 bits per heavy atom. The van der Waals surface area contributed by atoms with Gasteiger partial charge in [-0.25, -0.2) is 0 Å². The van der Waals surface area contributed by atoms with E-state index in [9.17, 15) is 22.8 Å². The molecule has 11 heteroatoms. The molecule has 2 aliphatic rings. The number of aromatic nitrogens is 3. The quantitative estimate of drug-likeness (QED) is 0.787. The van der Waals surface area contributed by atoms with Crippen molar-refractivity contribution in [3.63, 3.8) is 0 Å². The Labute approximate surface area is 151 Å². The highest BCUT2D eigenvalue weighted by Gasteiger charge is 2.40. The van der Waals surface area contributed by atoms with Gasteiger partial charge in [-0.05, 0) is 12.5 Å². The largest absolute Gasteiger partial charge is 0.471 e. The minimum atomic E-state index is -4.74. The molecule has 1 unspecified atom stereocenters. The molecule has 2 aromatic heterocycles. The number of nitrogens with zero attached hydrogens (tertiary/aromatic N) is 5. The summed E-state index contributed by atoms with van der Waals surface area (Å²) >= 11 is 0. The Kier molecular flexibility index (Phi) is 3.89. The second-order valence-electron chi connectivity index (χ2n) is 6.48. The maximum absolute atomic E-state index is 12.7. The summed E-state index contributed by atoms with van der Waals surface area (Å²) in [6.07, 6.45) is -2.75. The minimum Gasteiger partial charge on any atom is -0.341 e. The lowest BCUT2D eigenvalue weighted by molar-refractivity contribution is -0.159. The number of amides is 2. The maximum Gasteiger partial charge on any atom is 0.471 e. The fourth-order valence-corrected chi connectivity index (χ4v) is 3.35. The lowest BCUT2D eigenvalue weighted by Crippen LogP contribution is -2.38. The number of likely N-dealkylation sites (tertiary alicyclic amines) is 1. The Morgan fingerprint density at radius 3 is 2.78 bits per heavy atom. The summed E-state index contributed by atoms with van der Waals surface area (Å²) in [4.78, 5) is 35.1. The molecule has 0 spiro atoms. The monoisotopic (exact) mass is 381 g/mol. The van der Waals surface area contributed by atoms with Crippen LogP contribution in [0.2, 0.25) is 0 Å². The first-order valence-electron chi connectivity index (χ1n) is 8.20. The van der Waals surface area contributed by atoms with Crippen molar-refractivity contribution in [3.8, 4) is 11.4 Å². The van der Waals surface area contributed by atoms with E-state index in [0.29, 0.717) is 37.3 Å². The summed E-state index contributed by atoms with van der Waals surface area (Å²) in [5.74, 6) is -2.05. The van der Waals surface area contributed by atoms with Gasteiger partial charge in [0, 0.05) is 31.8 Å². The zero-order chi connectivity index (χ0) is 19.3. The topological polar surface area (TPSA) is 92.4 Å². The molecule has 1 saturated heterocycles. The fraction of sp³-hybridized carbons (Fsp3) is 0.438. The molecule has 0 saturated carbocycles. The zero-order valence-corrected chi connectivity index (χ0v) is 14.2. The molecule has 0 radical (unpaired) electrons. The van der Waals surface area contributed by atoms with Gasteiger partial charge in [0.1, 0.15) is 0 Å². The van der Waals surface area contributed by atoms with Crippen LogP contribution >= 0.6 is 0 Å². The Balaban J connectivity index is 1.57. The van der Waals surface area contributed by atoms with Crippen LogP contribution in [0.1, 0.15) is 35.3 Å². The maximum atomic E-state index is 12.7. The molecule has 0 aliphatic carbocycles. The van der Waals surface area contributed by atoms with E-state index in [0.717, 1.165) is 0 Å². The van der Waals surface area contributed by atoms with Crippen LogP contribution in [-0.2, 0) is 17.5 Å². The number of hydrogen-bond acceptors (Lipinski definition) is 6. The molecular weight excluding hydrogens is 367 g/mol. The van der Waals surface area contributed by atoms with Gasteiger partial charge in [0.05, 0.1) is 23.8 Å². The lowest BCUT2D eigenvalue weighted by Gasteiger charge is -2.23. The van der Waals surface area contributed by atoms with E-state index in [-0.39, 0.29) is 29.2 Å². The van der Waals surface area contributed by atoms with E-state index in [1.807, 2.05) is 0 Å². The third kappa shape index (κ3) is 3.02. The summed E-state index contributed by atoms with van der Waals surface area (Å²) in [7, 11) is 0. The van der Waals surface area contributed by atoms with Gasteiger partial charge < -0.3 is 14.3 Å². The van der Waals surface area contributed by atoms with Crippen molar-refractivity contribution >= 4 is 11.8 Å². The summed E-state index contributed by atoms with van der Waals surface area (Å²) in [5, 5.41) is 3.31. The molecule has 8 nitrogen and oxygen atoms in total. The minimum absolute atomic E-state index is 0.0420. The number of fused-ring (bicyclic) bond motifs is 1. The first-order chi connectivity index (χ1) is 12.7. The second kappa shape index (κ2) is 6.03. The predicted octanol–water partition coefficient (Wildman–Crippen LogP) is 1.73. The Morgan fingerprint density at radius 2 is 2.15 bits per heavy atom. The van der Waals surface area contributed by atoms with Gasteiger partial charge in [-0.3, -0.25) is 14.6 Å². The standard InChI is InChI=1S/C16H14F3N5O3/c1-8(25)23-3-2-10(6-23)24-7-12-11(14(24)26)4-9(5-20-12)13-21-15(27-22-13)16(17,18)19/h4-5,10H,2-3,6-7H2,1H3. The smallest absolute Gasteiger partial charge is 0.341 e. The summed E-state index contributed by atoms with van der Waals surface area (Å²) in [5.41, 5.74) is 0.997. The van der Waals surface area contributed by atoms with Crippen LogP contribution in [0.25, 0.3) is 11.4 Å². The highest BCUT2D eigenvalue weighted by atomic mass is 19.4. The van der Waals surface area contributed by atoms with Crippen molar-refractivity contribution in [2.75, 3.05) is 13.1 Å². The molecule has 0 bridgehead atoms. The van der Waals surface area contributed by atoms with E-state index >= 15 is 0 Å². The van der Waals surface area contributed by atoms with E-state index < -0.39 is 12.1 Å². The molecule has 1 fully saturated rings. The molecule has 0 aromatic carbocycles. The van der Waals surface area contributed by atoms with Crippen LogP contribution in [0.15, 0.2) is 16.8 Å². The van der Waals surface area contributed by atoms with E-state index in [1.165, 1.54) is 19.2 Å². The SMILES string of the molecule is CC(=O)N1CCC(N2Cc3ncc(-c4noc(C(F)(F)F)n4)cc3C2=O)C1. The van der Waals surface area contributed by atoms with Gasteiger partial charge in [0.25, 0.3) is 5.91 Å². The van der Waals surface area contributed by atoms with Gasteiger partial charge in [-0.15, -0.1) is 0 Å². The Hall–Kier alpha value is -2.98. The molecule has 27 heavy (non-hydrogen) atoms. The van der Waals surface area contributed by atoms with Gasteiger partial charge in [0.2, 0.25) is 11.7 Å². The zero-order valence-electron chi connectivity index (χ0n) is 14.2. The number of carbonyl (C=O) groups is 2. The molecule has 4 rings (SSSR count). The lowest BCUT2D eigenvalue weighted by atomic mass is 10.1. The van der Waals surface area contributed by atoms with Gasteiger partial charge in [-0.2, -0.15) is 18.2 Å². The van der Waals surface area contributed by atoms with Crippen LogP contribution in [0.4, 0.5) is 13.2 Å². The number of carbonyl (C=O) groups excluding carboxylic acids is 2. The highest BCUT2D eigenvalue weighted by molar-refractivity contribution is 5.99. The summed E-state index contributed by atoms with van der Waals surface area (Å²) in [6.45, 7) is 2.82.